The van der Waals surface area contributed by atoms with E-state index in [2.05, 4.69) is 43.3 Å². The number of hydrogen-bond donors (Lipinski definition) is 2. The minimum atomic E-state index is 0.755. The number of nitrogens with two attached hydrogens (primary N) is 1. The molecule has 3 N–H and O–H groups in total. The first-order valence-electron chi connectivity index (χ1n) is 6.69. The highest BCUT2D eigenvalue weighted by molar-refractivity contribution is 5.73. The molecule has 0 atom stereocenters. The Balaban J connectivity index is 2.36. The Hall–Kier alpha value is -1.97. The summed E-state index contributed by atoms with van der Waals surface area (Å²) in [5.41, 5.74) is 11.5. The fraction of sp³-hybridized carbons (Fsp3) is 0.400. The molecule has 4 nitrogen and oxygen atoms in total. The van der Waals surface area contributed by atoms with Crippen LogP contribution in [0.25, 0.3) is 0 Å². The summed E-state index contributed by atoms with van der Waals surface area (Å²) in [5, 5.41) is 7.88. The highest BCUT2D eigenvalue weighted by Crippen LogP contribution is 2.28. The van der Waals surface area contributed by atoms with Crippen molar-refractivity contribution in [3.05, 3.63) is 35.0 Å². The zero-order valence-corrected chi connectivity index (χ0v) is 12.1. The van der Waals surface area contributed by atoms with Gasteiger partial charge in [0.15, 0.2) is 5.82 Å². The molecule has 0 saturated heterocycles. The predicted molar refractivity (Wildman–Crippen MR) is 80.8 cm³/mol. The standard InChI is InChI=1S/C15H22N4/c1-5-7-13-14(16)15(19(4)18-13)17-12-9-6-8-10(2)11(12)3/h6,8-9,17H,5,7,16H2,1-4H3. The third-order valence-electron chi connectivity index (χ3n) is 3.50. The number of nitrogens with zero attached hydrogens (tertiary/aromatic N) is 2. The second kappa shape index (κ2) is 5.34. The van der Waals surface area contributed by atoms with Crippen molar-refractivity contribution in [1.82, 2.24) is 9.78 Å². The molecule has 0 amide bonds. The van der Waals surface area contributed by atoms with Gasteiger partial charge in [-0.3, -0.25) is 4.68 Å². The van der Waals surface area contributed by atoms with Gasteiger partial charge in [0, 0.05) is 12.7 Å². The SMILES string of the molecule is CCCc1nn(C)c(Nc2cccc(C)c2C)c1N. The van der Waals surface area contributed by atoms with E-state index >= 15 is 0 Å². The number of aryl methyl sites for hydroxylation is 3. The molecule has 4 heteroatoms. The van der Waals surface area contributed by atoms with E-state index in [-0.39, 0.29) is 0 Å². The normalized spacial score (nSPS) is 10.7. The maximum atomic E-state index is 6.18. The van der Waals surface area contributed by atoms with E-state index in [1.165, 1.54) is 11.1 Å². The van der Waals surface area contributed by atoms with Crippen LogP contribution in [0.15, 0.2) is 18.2 Å². The molecule has 0 aliphatic heterocycles. The molecule has 1 aromatic carbocycles. The molecule has 1 heterocycles. The van der Waals surface area contributed by atoms with Crippen LogP contribution < -0.4 is 11.1 Å². The maximum Gasteiger partial charge on any atom is 0.152 e. The van der Waals surface area contributed by atoms with Gasteiger partial charge in [0.25, 0.3) is 0 Å². The summed E-state index contributed by atoms with van der Waals surface area (Å²) in [6.07, 6.45) is 1.96. The van der Waals surface area contributed by atoms with Gasteiger partial charge in [-0.05, 0) is 37.5 Å². The lowest BCUT2D eigenvalue weighted by atomic mass is 10.1. The van der Waals surface area contributed by atoms with Crippen molar-refractivity contribution in [2.75, 3.05) is 11.1 Å². The molecular formula is C15H22N4. The van der Waals surface area contributed by atoms with E-state index in [1.807, 2.05) is 17.8 Å². The molecule has 0 unspecified atom stereocenters. The molecule has 1 aromatic heterocycles. The van der Waals surface area contributed by atoms with Gasteiger partial charge in [-0.1, -0.05) is 25.5 Å². The van der Waals surface area contributed by atoms with Crippen molar-refractivity contribution >= 4 is 17.2 Å². The lowest BCUT2D eigenvalue weighted by molar-refractivity contribution is 0.740. The number of rotatable bonds is 4. The fourth-order valence-electron chi connectivity index (χ4n) is 2.18. The lowest BCUT2D eigenvalue weighted by Gasteiger charge is -2.12. The second-order valence-corrected chi connectivity index (χ2v) is 4.96. The highest BCUT2D eigenvalue weighted by atomic mass is 15.3. The Morgan fingerprint density at radius 2 is 2.05 bits per heavy atom. The van der Waals surface area contributed by atoms with Crippen molar-refractivity contribution in [2.45, 2.75) is 33.6 Å². The average molecular weight is 258 g/mol. The maximum absolute atomic E-state index is 6.18. The van der Waals surface area contributed by atoms with Crippen molar-refractivity contribution in [2.24, 2.45) is 7.05 Å². The summed E-state index contributed by atoms with van der Waals surface area (Å²) < 4.78 is 1.82. The molecule has 0 fully saturated rings. The Morgan fingerprint density at radius 3 is 2.74 bits per heavy atom. The number of hydrogen-bond acceptors (Lipinski definition) is 3. The molecule has 0 radical (unpaired) electrons. The number of nitrogens with one attached hydrogen (secondary N) is 1. The Morgan fingerprint density at radius 1 is 1.32 bits per heavy atom. The average Bonchev–Trinajstić information content (AvgIpc) is 2.63. The number of benzene rings is 1. The highest BCUT2D eigenvalue weighted by Gasteiger charge is 2.13. The third-order valence-corrected chi connectivity index (χ3v) is 3.50. The van der Waals surface area contributed by atoms with Crippen molar-refractivity contribution in [1.29, 1.82) is 0 Å². The molecule has 19 heavy (non-hydrogen) atoms. The minimum absolute atomic E-state index is 0.755. The van der Waals surface area contributed by atoms with Crippen LogP contribution in [0.4, 0.5) is 17.2 Å². The fourth-order valence-corrected chi connectivity index (χ4v) is 2.18. The molecular weight excluding hydrogens is 236 g/mol. The first-order valence-corrected chi connectivity index (χ1v) is 6.69. The monoisotopic (exact) mass is 258 g/mol. The van der Waals surface area contributed by atoms with Crippen LogP contribution in [0, 0.1) is 13.8 Å². The van der Waals surface area contributed by atoms with Crippen molar-refractivity contribution in [3.63, 3.8) is 0 Å². The van der Waals surface area contributed by atoms with Crippen molar-refractivity contribution < 1.29 is 0 Å². The summed E-state index contributed by atoms with van der Waals surface area (Å²) in [5.74, 6) is 0.872. The number of anilines is 3. The second-order valence-electron chi connectivity index (χ2n) is 4.96. The first-order chi connectivity index (χ1) is 9.04. The largest absolute Gasteiger partial charge is 0.394 e. The zero-order chi connectivity index (χ0) is 14.0. The quantitative estimate of drug-likeness (QED) is 0.884. The summed E-state index contributed by atoms with van der Waals surface area (Å²) in [7, 11) is 1.92. The molecule has 2 rings (SSSR count). The third kappa shape index (κ3) is 2.57. The molecule has 0 aliphatic carbocycles. The van der Waals surface area contributed by atoms with Crippen LogP contribution in [0.1, 0.15) is 30.2 Å². The van der Waals surface area contributed by atoms with E-state index in [0.717, 1.165) is 35.7 Å². The van der Waals surface area contributed by atoms with Gasteiger partial charge in [0.05, 0.1) is 11.4 Å². The van der Waals surface area contributed by atoms with E-state index in [4.69, 9.17) is 5.73 Å². The lowest BCUT2D eigenvalue weighted by Crippen LogP contribution is -2.03. The van der Waals surface area contributed by atoms with Crippen LogP contribution in [-0.2, 0) is 13.5 Å². The first kappa shape index (κ1) is 13.5. The van der Waals surface area contributed by atoms with E-state index in [1.54, 1.807) is 0 Å². The minimum Gasteiger partial charge on any atom is -0.394 e. The van der Waals surface area contributed by atoms with E-state index in [0.29, 0.717) is 0 Å². The van der Waals surface area contributed by atoms with Crippen LogP contribution in [0.3, 0.4) is 0 Å². The Bertz CT molecular complexity index is 584. The Kier molecular flexibility index (Phi) is 3.79. The summed E-state index contributed by atoms with van der Waals surface area (Å²) in [6, 6.07) is 6.22. The van der Waals surface area contributed by atoms with Gasteiger partial charge in [0.1, 0.15) is 0 Å². The Labute approximate surface area is 114 Å². The number of aromatic nitrogens is 2. The summed E-state index contributed by atoms with van der Waals surface area (Å²) in [4.78, 5) is 0. The number of nitrogen functional groups attached to an aromatic ring is 1. The molecule has 0 spiro atoms. The van der Waals surface area contributed by atoms with Gasteiger partial charge in [-0.15, -0.1) is 0 Å². The zero-order valence-electron chi connectivity index (χ0n) is 12.1. The van der Waals surface area contributed by atoms with Gasteiger partial charge in [-0.2, -0.15) is 5.10 Å². The van der Waals surface area contributed by atoms with Gasteiger partial charge in [0.2, 0.25) is 0 Å². The summed E-state index contributed by atoms with van der Waals surface area (Å²) in [6.45, 7) is 6.35. The molecule has 0 saturated carbocycles. The van der Waals surface area contributed by atoms with E-state index < -0.39 is 0 Å². The topological polar surface area (TPSA) is 55.9 Å². The van der Waals surface area contributed by atoms with Crippen LogP contribution in [0.5, 0.6) is 0 Å². The van der Waals surface area contributed by atoms with Crippen LogP contribution in [-0.4, -0.2) is 9.78 Å². The van der Waals surface area contributed by atoms with E-state index in [9.17, 15) is 0 Å². The molecule has 0 bridgehead atoms. The van der Waals surface area contributed by atoms with Gasteiger partial charge >= 0.3 is 0 Å². The molecule has 0 aliphatic rings. The smallest absolute Gasteiger partial charge is 0.152 e. The molecule has 102 valence electrons. The molecule has 2 aromatic rings. The predicted octanol–water partition coefficient (Wildman–Crippen LogP) is 3.32. The van der Waals surface area contributed by atoms with Crippen molar-refractivity contribution in [3.8, 4) is 0 Å². The van der Waals surface area contributed by atoms with Crippen LogP contribution >= 0.6 is 0 Å². The van der Waals surface area contributed by atoms with Crippen LogP contribution in [0.2, 0.25) is 0 Å². The van der Waals surface area contributed by atoms with Gasteiger partial charge in [-0.25, -0.2) is 0 Å². The van der Waals surface area contributed by atoms with Gasteiger partial charge < -0.3 is 11.1 Å². The summed E-state index contributed by atoms with van der Waals surface area (Å²) >= 11 is 0.